The van der Waals surface area contributed by atoms with Gasteiger partial charge < -0.3 is 15.0 Å². The van der Waals surface area contributed by atoms with Gasteiger partial charge in [0.25, 0.3) is 11.6 Å². The standard InChI is InChI=1S/C19H21N3O4/c1-14-13-21(9-10-26-14)19(23)16-7-8-17(18(11-16)22(24)25)20-12-15-5-3-2-4-6-15/h2-8,11,14,20H,9-10,12-13H2,1H3. The third kappa shape index (κ3) is 4.18. The molecule has 0 bridgehead atoms. The Hall–Kier alpha value is -2.93. The molecule has 136 valence electrons. The second-order valence-corrected chi connectivity index (χ2v) is 6.26. The van der Waals surface area contributed by atoms with Crippen molar-refractivity contribution in [2.24, 2.45) is 0 Å². The van der Waals surface area contributed by atoms with Crippen LogP contribution in [0.15, 0.2) is 48.5 Å². The molecule has 2 aromatic rings. The molecule has 1 aliphatic heterocycles. The molecule has 1 fully saturated rings. The van der Waals surface area contributed by atoms with Gasteiger partial charge in [-0.25, -0.2) is 0 Å². The SMILES string of the molecule is CC1CN(C(=O)c2ccc(NCc3ccccc3)c([N+](=O)[O-])c2)CCO1. The number of benzene rings is 2. The van der Waals surface area contributed by atoms with Crippen molar-refractivity contribution >= 4 is 17.3 Å². The van der Waals surface area contributed by atoms with Crippen molar-refractivity contribution in [3.05, 3.63) is 69.8 Å². The van der Waals surface area contributed by atoms with Crippen molar-refractivity contribution < 1.29 is 14.5 Å². The smallest absolute Gasteiger partial charge is 0.293 e. The van der Waals surface area contributed by atoms with Gasteiger partial charge >= 0.3 is 0 Å². The highest BCUT2D eigenvalue weighted by atomic mass is 16.6. The van der Waals surface area contributed by atoms with E-state index in [0.717, 1.165) is 5.56 Å². The fraction of sp³-hybridized carbons (Fsp3) is 0.316. The number of carbonyl (C=O) groups is 1. The Labute approximate surface area is 151 Å². The summed E-state index contributed by atoms with van der Waals surface area (Å²) in [6.07, 6.45) is -0.0329. The second kappa shape index (κ2) is 7.97. The van der Waals surface area contributed by atoms with Crippen LogP contribution in [0.2, 0.25) is 0 Å². The highest BCUT2D eigenvalue weighted by Crippen LogP contribution is 2.27. The zero-order chi connectivity index (χ0) is 18.5. The van der Waals surface area contributed by atoms with Crippen molar-refractivity contribution in [3.8, 4) is 0 Å². The van der Waals surface area contributed by atoms with Gasteiger partial charge in [-0.15, -0.1) is 0 Å². The zero-order valence-corrected chi connectivity index (χ0v) is 14.6. The summed E-state index contributed by atoms with van der Waals surface area (Å²) in [5, 5.41) is 14.5. The van der Waals surface area contributed by atoms with Crippen LogP contribution in [0, 0.1) is 10.1 Å². The Morgan fingerprint density at radius 2 is 2.08 bits per heavy atom. The first kappa shape index (κ1) is 17.9. The van der Waals surface area contributed by atoms with Gasteiger partial charge in [0.15, 0.2) is 0 Å². The molecule has 7 heteroatoms. The molecule has 1 aliphatic rings. The molecular weight excluding hydrogens is 334 g/mol. The first-order valence-electron chi connectivity index (χ1n) is 8.51. The number of ether oxygens (including phenoxy) is 1. The maximum Gasteiger partial charge on any atom is 0.293 e. The number of carbonyl (C=O) groups excluding carboxylic acids is 1. The van der Waals surface area contributed by atoms with E-state index in [0.29, 0.717) is 37.5 Å². The Morgan fingerprint density at radius 3 is 2.77 bits per heavy atom. The van der Waals surface area contributed by atoms with Gasteiger partial charge in [0, 0.05) is 31.3 Å². The Kier molecular flexibility index (Phi) is 5.48. The Bertz CT molecular complexity index is 795. The average Bonchev–Trinajstić information content (AvgIpc) is 2.66. The highest BCUT2D eigenvalue weighted by Gasteiger charge is 2.25. The third-order valence-electron chi connectivity index (χ3n) is 4.30. The van der Waals surface area contributed by atoms with Crippen LogP contribution in [0.3, 0.4) is 0 Å². The molecule has 0 spiro atoms. The summed E-state index contributed by atoms with van der Waals surface area (Å²) >= 11 is 0. The fourth-order valence-electron chi connectivity index (χ4n) is 2.94. The van der Waals surface area contributed by atoms with Gasteiger partial charge in [0.1, 0.15) is 5.69 Å². The predicted octanol–water partition coefficient (Wildman–Crippen LogP) is 3.07. The lowest BCUT2D eigenvalue weighted by Gasteiger charge is -2.31. The van der Waals surface area contributed by atoms with E-state index in [-0.39, 0.29) is 17.7 Å². The van der Waals surface area contributed by atoms with E-state index >= 15 is 0 Å². The van der Waals surface area contributed by atoms with Crippen LogP contribution in [0.5, 0.6) is 0 Å². The number of rotatable bonds is 5. The van der Waals surface area contributed by atoms with Gasteiger partial charge in [0.2, 0.25) is 0 Å². The number of nitrogens with zero attached hydrogens (tertiary/aromatic N) is 2. The minimum Gasteiger partial charge on any atom is -0.375 e. The predicted molar refractivity (Wildman–Crippen MR) is 98.2 cm³/mol. The van der Waals surface area contributed by atoms with Gasteiger partial charge in [-0.2, -0.15) is 0 Å². The van der Waals surface area contributed by atoms with Crippen LogP contribution in [0.25, 0.3) is 0 Å². The Balaban J connectivity index is 1.78. The van der Waals surface area contributed by atoms with Crippen LogP contribution in [0.1, 0.15) is 22.8 Å². The van der Waals surface area contributed by atoms with E-state index in [2.05, 4.69) is 5.32 Å². The van der Waals surface area contributed by atoms with Crippen molar-refractivity contribution in [2.45, 2.75) is 19.6 Å². The number of nitro benzene ring substituents is 1. The lowest BCUT2D eigenvalue weighted by molar-refractivity contribution is -0.384. The molecule has 1 saturated heterocycles. The maximum absolute atomic E-state index is 12.6. The molecule has 26 heavy (non-hydrogen) atoms. The van der Waals surface area contributed by atoms with Crippen molar-refractivity contribution in [2.75, 3.05) is 25.0 Å². The number of hydrogen-bond acceptors (Lipinski definition) is 5. The maximum atomic E-state index is 12.6. The van der Waals surface area contributed by atoms with Crippen LogP contribution >= 0.6 is 0 Å². The number of hydrogen-bond donors (Lipinski definition) is 1. The molecular formula is C19H21N3O4. The molecule has 1 N–H and O–H groups in total. The lowest BCUT2D eigenvalue weighted by atomic mass is 10.1. The van der Waals surface area contributed by atoms with E-state index in [4.69, 9.17) is 4.74 Å². The highest BCUT2D eigenvalue weighted by molar-refractivity contribution is 5.95. The lowest BCUT2D eigenvalue weighted by Crippen LogP contribution is -2.44. The topological polar surface area (TPSA) is 84.7 Å². The zero-order valence-electron chi connectivity index (χ0n) is 14.6. The van der Waals surface area contributed by atoms with E-state index in [1.165, 1.54) is 6.07 Å². The minimum atomic E-state index is -0.466. The molecule has 0 aliphatic carbocycles. The quantitative estimate of drug-likeness (QED) is 0.658. The average molecular weight is 355 g/mol. The fourth-order valence-corrected chi connectivity index (χ4v) is 2.94. The first-order chi connectivity index (χ1) is 12.5. The summed E-state index contributed by atoms with van der Waals surface area (Å²) in [6, 6.07) is 14.2. The van der Waals surface area contributed by atoms with Crippen molar-refractivity contribution in [1.82, 2.24) is 4.90 Å². The van der Waals surface area contributed by atoms with Gasteiger partial charge in [-0.05, 0) is 24.6 Å². The summed E-state index contributed by atoms with van der Waals surface area (Å²) < 4.78 is 5.44. The van der Waals surface area contributed by atoms with Gasteiger partial charge in [0.05, 0.1) is 17.6 Å². The van der Waals surface area contributed by atoms with Crippen LogP contribution in [-0.4, -0.2) is 41.5 Å². The van der Waals surface area contributed by atoms with Crippen LogP contribution in [0.4, 0.5) is 11.4 Å². The van der Waals surface area contributed by atoms with Crippen LogP contribution < -0.4 is 5.32 Å². The monoisotopic (exact) mass is 355 g/mol. The van der Waals surface area contributed by atoms with E-state index < -0.39 is 4.92 Å². The minimum absolute atomic E-state index is 0.0329. The first-order valence-corrected chi connectivity index (χ1v) is 8.51. The number of nitro groups is 1. The number of morpholine rings is 1. The number of anilines is 1. The molecule has 3 rings (SSSR count). The summed E-state index contributed by atoms with van der Waals surface area (Å²) in [4.78, 5) is 25.3. The number of nitrogens with one attached hydrogen (secondary N) is 1. The normalized spacial score (nSPS) is 17.0. The molecule has 1 amide bonds. The molecule has 1 atom stereocenters. The molecule has 0 aromatic heterocycles. The largest absolute Gasteiger partial charge is 0.375 e. The molecule has 1 unspecified atom stereocenters. The van der Waals surface area contributed by atoms with Gasteiger partial charge in [-0.1, -0.05) is 30.3 Å². The number of amides is 1. The summed E-state index contributed by atoms with van der Waals surface area (Å²) in [5.74, 6) is -0.210. The van der Waals surface area contributed by atoms with Crippen LogP contribution in [-0.2, 0) is 11.3 Å². The Morgan fingerprint density at radius 1 is 1.31 bits per heavy atom. The van der Waals surface area contributed by atoms with Gasteiger partial charge in [-0.3, -0.25) is 14.9 Å². The summed E-state index contributed by atoms with van der Waals surface area (Å²) in [5.41, 5.74) is 1.62. The molecule has 1 heterocycles. The van der Waals surface area contributed by atoms with E-state index in [9.17, 15) is 14.9 Å². The summed E-state index contributed by atoms with van der Waals surface area (Å²) in [7, 11) is 0. The summed E-state index contributed by atoms with van der Waals surface area (Å²) in [6.45, 7) is 3.83. The van der Waals surface area contributed by atoms with E-state index in [1.807, 2.05) is 37.3 Å². The molecule has 2 aromatic carbocycles. The van der Waals surface area contributed by atoms with Crippen molar-refractivity contribution in [3.63, 3.8) is 0 Å². The third-order valence-corrected chi connectivity index (χ3v) is 4.30. The van der Waals surface area contributed by atoms with Crippen molar-refractivity contribution in [1.29, 1.82) is 0 Å². The molecule has 0 radical (unpaired) electrons. The molecule has 7 nitrogen and oxygen atoms in total. The molecule has 0 saturated carbocycles. The van der Waals surface area contributed by atoms with E-state index in [1.54, 1.807) is 17.0 Å². The second-order valence-electron chi connectivity index (χ2n) is 6.26.